The number of likely N-dealkylation sites (tertiary alicyclic amines) is 1. The Morgan fingerprint density at radius 3 is 2.55 bits per heavy atom. The van der Waals surface area contributed by atoms with Crippen LogP contribution in [0.1, 0.15) is 50.7 Å². The molecule has 0 unspecified atom stereocenters. The van der Waals surface area contributed by atoms with Crippen molar-refractivity contribution in [3.8, 4) is 22.6 Å². The Bertz CT molecular complexity index is 1170. The van der Waals surface area contributed by atoms with Crippen LogP contribution in [0.3, 0.4) is 0 Å². The Balaban J connectivity index is 1.82. The van der Waals surface area contributed by atoms with Crippen LogP contribution in [0.5, 0.6) is 11.5 Å². The molecule has 174 valence electrons. The zero-order chi connectivity index (χ0) is 23.4. The van der Waals surface area contributed by atoms with Gasteiger partial charge in [-0.1, -0.05) is 31.0 Å². The molecule has 4 rings (SSSR count). The molecule has 0 aliphatic carbocycles. The summed E-state index contributed by atoms with van der Waals surface area (Å²) >= 11 is 0. The van der Waals surface area contributed by atoms with Gasteiger partial charge in [-0.05, 0) is 51.3 Å². The second-order valence-corrected chi connectivity index (χ2v) is 8.60. The lowest BCUT2D eigenvalue weighted by Crippen LogP contribution is -2.30. The number of aryl methyl sites for hydroxylation is 1. The summed E-state index contributed by atoms with van der Waals surface area (Å²) < 4.78 is 17.7. The molecule has 3 aromatic rings. The van der Waals surface area contributed by atoms with E-state index in [0.29, 0.717) is 6.61 Å². The Morgan fingerprint density at radius 2 is 1.85 bits per heavy atom. The molecule has 0 radical (unpaired) electrons. The Morgan fingerprint density at radius 1 is 1.12 bits per heavy atom. The highest BCUT2D eigenvalue weighted by Gasteiger charge is 2.21. The second kappa shape index (κ2) is 10.2. The topological polar surface area (TPSA) is 51.9 Å². The quantitative estimate of drug-likeness (QED) is 0.398. The number of allylic oxidation sites excluding steroid dienone is 1. The minimum atomic E-state index is 0.0757. The van der Waals surface area contributed by atoms with E-state index in [0.717, 1.165) is 76.2 Å². The number of hydrogen-bond donors (Lipinski definition) is 0. The van der Waals surface area contributed by atoms with Crippen LogP contribution < -0.4 is 9.47 Å². The van der Waals surface area contributed by atoms with E-state index in [1.807, 2.05) is 49.9 Å². The maximum absolute atomic E-state index is 13.0. The average molecular weight is 448 g/mol. The lowest BCUT2D eigenvalue weighted by atomic mass is 9.96. The third-order valence-corrected chi connectivity index (χ3v) is 6.41. The monoisotopic (exact) mass is 447 g/mol. The average Bonchev–Trinajstić information content (AvgIpc) is 3.05. The van der Waals surface area contributed by atoms with Crippen molar-refractivity contribution in [1.29, 1.82) is 0 Å². The lowest BCUT2D eigenvalue weighted by Gasteiger charge is -2.19. The molecule has 0 spiro atoms. The van der Waals surface area contributed by atoms with Crippen molar-refractivity contribution in [3.63, 3.8) is 0 Å². The zero-order valence-corrected chi connectivity index (χ0v) is 20.1. The van der Waals surface area contributed by atoms with E-state index in [9.17, 15) is 4.79 Å². The van der Waals surface area contributed by atoms with Crippen molar-refractivity contribution in [2.24, 2.45) is 0 Å². The fourth-order valence-electron chi connectivity index (χ4n) is 4.66. The summed E-state index contributed by atoms with van der Waals surface area (Å²) in [6.07, 6.45) is 8.08. The first kappa shape index (κ1) is 23.0. The summed E-state index contributed by atoms with van der Waals surface area (Å²) in [7, 11) is 1.67. The van der Waals surface area contributed by atoms with Crippen LogP contribution in [-0.2, 0) is 4.79 Å². The third kappa shape index (κ3) is 4.63. The number of carbonyl (C=O) groups excluding carboxylic acids is 1. The number of para-hydroxylation sites is 1. The van der Waals surface area contributed by atoms with Gasteiger partial charge in [0.2, 0.25) is 5.91 Å². The highest BCUT2D eigenvalue weighted by molar-refractivity contribution is 6.02. The van der Waals surface area contributed by atoms with Gasteiger partial charge in [0.25, 0.3) is 0 Å². The van der Waals surface area contributed by atoms with Crippen LogP contribution in [0.4, 0.5) is 0 Å². The second-order valence-electron chi connectivity index (χ2n) is 8.60. The molecule has 5 heteroatoms. The molecular formula is C28H33NO4. The fourth-order valence-corrected chi connectivity index (χ4v) is 4.66. The summed E-state index contributed by atoms with van der Waals surface area (Å²) in [5.74, 6) is 1.63. The van der Waals surface area contributed by atoms with Crippen LogP contribution in [0.15, 0.2) is 47.1 Å². The van der Waals surface area contributed by atoms with Gasteiger partial charge < -0.3 is 18.8 Å². The number of rotatable bonds is 6. The lowest BCUT2D eigenvalue weighted by molar-refractivity contribution is -0.125. The molecule has 0 saturated carbocycles. The normalized spacial score (nSPS) is 14.9. The molecule has 0 bridgehead atoms. The Labute approximate surface area is 196 Å². The number of furan rings is 1. The maximum atomic E-state index is 13.0. The first-order chi connectivity index (χ1) is 16.0. The molecule has 33 heavy (non-hydrogen) atoms. The Kier molecular flexibility index (Phi) is 7.07. The molecule has 2 aromatic carbocycles. The Hall–Kier alpha value is -3.21. The number of methoxy groups -OCH3 is 1. The fraction of sp³-hybridized carbons (Fsp3) is 0.393. The van der Waals surface area contributed by atoms with Crippen molar-refractivity contribution >= 4 is 22.4 Å². The summed E-state index contributed by atoms with van der Waals surface area (Å²) in [6.45, 7) is 8.17. The van der Waals surface area contributed by atoms with E-state index < -0.39 is 0 Å². The van der Waals surface area contributed by atoms with Gasteiger partial charge in [-0.15, -0.1) is 0 Å². The molecular weight excluding hydrogens is 414 g/mol. The van der Waals surface area contributed by atoms with Crippen LogP contribution in [0.2, 0.25) is 0 Å². The number of fused-ring (bicyclic) bond motifs is 1. The van der Waals surface area contributed by atoms with Crippen molar-refractivity contribution in [2.45, 2.75) is 46.5 Å². The number of ether oxygens (including phenoxy) is 2. The predicted octanol–water partition coefficient (Wildman–Crippen LogP) is 6.62. The minimum Gasteiger partial charge on any atom is -0.496 e. The number of nitrogens with zero attached hydrogens (tertiary/aromatic N) is 1. The molecule has 1 amide bonds. The van der Waals surface area contributed by atoms with Crippen LogP contribution in [-0.4, -0.2) is 37.6 Å². The molecule has 1 aliphatic heterocycles. The van der Waals surface area contributed by atoms with Crippen molar-refractivity contribution in [2.75, 3.05) is 26.8 Å². The number of benzene rings is 2. The van der Waals surface area contributed by atoms with Gasteiger partial charge in [0, 0.05) is 46.8 Å². The number of carbonyl (C=O) groups is 1. The summed E-state index contributed by atoms with van der Waals surface area (Å²) in [5.41, 5.74) is 5.46. The van der Waals surface area contributed by atoms with E-state index in [2.05, 4.69) is 6.07 Å². The summed E-state index contributed by atoms with van der Waals surface area (Å²) in [5, 5.41) is 0.977. The van der Waals surface area contributed by atoms with Gasteiger partial charge >= 0.3 is 0 Å². The molecule has 2 heterocycles. The minimum absolute atomic E-state index is 0.0757. The molecule has 1 aromatic heterocycles. The molecule has 0 atom stereocenters. The van der Waals surface area contributed by atoms with Gasteiger partial charge in [0.1, 0.15) is 17.1 Å². The molecule has 5 nitrogen and oxygen atoms in total. The van der Waals surface area contributed by atoms with E-state index in [1.54, 1.807) is 19.4 Å². The molecule has 1 aliphatic rings. The predicted molar refractivity (Wildman–Crippen MR) is 133 cm³/mol. The zero-order valence-electron chi connectivity index (χ0n) is 20.1. The maximum Gasteiger partial charge on any atom is 0.246 e. The van der Waals surface area contributed by atoms with E-state index >= 15 is 0 Å². The standard InChI is InChI=1S/C28H33NO4/c1-5-32-27-20(3)28-23(24(18-33-28)21-12-8-9-13-25(21)31-4)17-22(27)19(2)16-26(30)29-14-10-6-7-11-15-29/h8-9,12-13,16-18H,5-7,10-11,14-15H2,1-4H3/b19-16+. The van der Waals surface area contributed by atoms with E-state index in [4.69, 9.17) is 13.9 Å². The van der Waals surface area contributed by atoms with Gasteiger partial charge in [-0.2, -0.15) is 0 Å². The van der Waals surface area contributed by atoms with Gasteiger partial charge in [0.05, 0.1) is 20.0 Å². The summed E-state index contributed by atoms with van der Waals surface area (Å²) in [4.78, 5) is 15.0. The molecule has 1 fully saturated rings. The largest absolute Gasteiger partial charge is 0.496 e. The van der Waals surface area contributed by atoms with Crippen molar-refractivity contribution in [1.82, 2.24) is 4.90 Å². The summed E-state index contributed by atoms with van der Waals surface area (Å²) in [6, 6.07) is 10.0. The SMILES string of the molecule is CCOc1c(/C(C)=C/C(=O)N2CCCCCC2)cc2c(-c3ccccc3OC)coc2c1C. The van der Waals surface area contributed by atoms with Crippen molar-refractivity contribution in [3.05, 3.63) is 53.8 Å². The molecule has 0 N–H and O–H groups in total. The molecule has 1 saturated heterocycles. The van der Waals surface area contributed by atoms with E-state index in [1.165, 1.54) is 12.8 Å². The highest BCUT2D eigenvalue weighted by atomic mass is 16.5. The number of amides is 1. The third-order valence-electron chi connectivity index (χ3n) is 6.41. The smallest absolute Gasteiger partial charge is 0.246 e. The highest BCUT2D eigenvalue weighted by Crippen LogP contribution is 2.42. The van der Waals surface area contributed by atoms with Gasteiger partial charge in [-0.25, -0.2) is 0 Å². The van der Waals surface area contributed by atoms with Gasteiger partial charge in [-0.3, -0.25) is 4.79 Å². The van der Waals surface area contributed by atoms with Crippen LogP contribution >= 0.6 is 0 Å². The van der Waals surface area contributed by atoms with Gasteiger partial charge in [0.15, 0.2) is 0 Å². The van der Waals surface area contributed by atoms with E-state index in [-0.39, 0.29) is 5.91 Å². The van der Waals surface area contributed by atoms with Crippen molar-refractivity contribution < 1.29 is 18.7 Å². The van der Waals surface area contributed by atoms with Crippen LogP contribution in [0.25, 0.3) is 27.7 Å². The first-order valence-electron chi connectivity index (χ1n) is 11.8. The van der Waals surface area contributed by atoms with Crippen LogP contribution in [0, 0.1) is 6.92 Å². The number of hydrogen-bond acceptors (Lipinski definition) is 4. The first-order valence-corrected chi connectivity index (χ1v) is 11.8.